The maximum absolute atomic E-state index is 12.2. The number of hydrogen-bond donors (Lipinski definition) is 1. The van der Waals surface area contributed by atoms with Crippen LogP contribution in [0.2, 0.25) is 0 Å². The molecule has 2 saturated heterocycles. The Labute approximate surface area is 146 Å². The van der Waals surface area contributed by atoms with Crippen molar-refractivity contribution >= 4 is 27.6 Å². The van der Waals surface area contributed by atoms with Crippen molar-refractivity contribution in [2.45, 2.75) is 25.9 Å². The summed E-state index contributed by atoms with van der Waals surface area (Å²) in [4.78, 5) is 16.5. The fourth-order valence-corrected chi connectivity index (χ4v) is 3.43. The van der Waals surface area contributed by atoms with Gasteiger partial charge in [0.2, 0.25) is 0 Å². The number of amides is 2. The predicted octanol–water partition coefficient (Wildman–Crippen LogP) is 2.77. The van der Waals surface area contributed by atoms with Gasteiger partial charge in [-0.25, -0.2) is 4.79 Å². The van der Waals surface area contributed by atoms with Crippen LogP contribution in [0.4, 0.5) is 10.5 Å². The topological polar surface area (TPSA) is 44.8 Å². The van der Waals surface area contributed by atoms with Crippen molar-refractivity contribution in [3.63, 3.8) is 0 Å². The van der Waals surface area contributed by atoms with Crippen LogP contribution >= 0.6 is 15.9 Å². The Morgan fingerprint density at radius 3 is 2.78 bits per heavy atom. The molecule has 2 aliphatic heterocycles. The van der Waals surface area contributed by atoms with Gasteiger partial charge < -0.3 is 19.9 Å². The molecule has 1 N–H and O–H groups in total. The molecule has 6 heteroatoms. The molecule has 126 valence electrons. The first-order valence-corrected chi connectivity index (χ1v) is 9.08. The molecule has 2 heterocycles. The van der Waals surface area contributed by atoms with Crippen LogP contribution in [0.25, 0.3) is 0 Å². The van der Waals surface area contributed by atoms with Crippen LogP contribution in [0.1, 0.15) is 18.4 Å². The van der Waals surface area contributed by atoms with Gasteiger partial charge >= 0.3 is 6.03 Å². The minimum absolute atomic E-state index is 0.0326. The molecule has 2 aliphatic rings. The van der Waals surface area contributed by atoms with Gasteiger partial charge in [-0.05, 0) is 37.5 Å². The summed E-state index contributed by atoms with van der Waals surface area (Å²) in [5.74, 6) is 0. The molecule has 5 nitrogen and oxygen atoms in total. The summed E-state index contributed by atoms with van der Waals surface area (Å²) in [7, 11) is 0. The van der Waals surface area contributed by atoms with E-state index in [0.717, 1.165) is 50.1 Å². The Morgan fingerprint density at radius 1 is 1.35 bits per heavy atom. The minimum Gasteiger partial charge on any atom is -0.376 e. The van der Waals surface area contributed by atoms with Crippen LogP contribution in [-0.2, 0) is 4.74 Å². The Hall–Kier alpha value is -1.27. The fraction of sp³-hybridized carbons (Fsp3) is 0.588. The number of nitrogens with one attached hydrogen (secondary N) is 1. The molecule has 23 heavy (non-hydrogen) atoms. The van der Waals surface area contributed by atoms with Gasteiger partial charge in [0.05, 0.1) is 6.10 Å². The molecule has 3 rings (SSSR count). The highest BCUT2D eigenvalue weighted by molar-refractivity contribution is 9.10. The average Bonchev–Trinajstić information content (AvgIpc) is 3.09. The second-order valence-corrected chi connectivity index (χ2v) is 7.08. The highest BCUT2D eigenvalue weighted by Gasteiger charge is 2.23. The summed E-state index contributed by atoms with van der Waals surface area (Å²) < 4.78 is 6.67. The zero-order chi connectivity index (χ0) is 16.2. The molecule has 0 spiro atoms. The molecule has 1 atom stereocenters. The first kappa shape index (κ1) is 16.6. The third-order valence-corrected chi connectivity index (χ3v) is 5.45. The lowest BCUT2D eigenvalue weighted by Gasteiger charge is -2.36. The van der Waals surface area contributed by atoms with Crippen LogP contribution in [0.5, 0.6) is 0 Å². The number of benzene rings is 1. The van der Waals surface area contributed by atoms with Crippen molar-refractivity contribution in [2.24, 2.45) is 0 Å². The lowest BCUT2D eigenvalue weighted by atomic mass is 10.2. The summed E-state index contributed by atoms with van der Waals surface area (Å²) in [5.41, 5.74) is 2.45. The van der Waals surface area contributed by atoms with E-state index in [0.29, 0.717) is 6.54 Å². The average molecular weight is 382 g/mol. The van der Waals surface area contributed by atoms with Crippen molar-refractivity contribution in [3.05, 3.63) is 28.2 Å². The third kappa shape index (κ3) is 4.18. The van der Waals surface area contributed by atoms with E-state index in [2.05, 4.69) is 51.3 Å². The van der Waals surface area contributed by atoms with Gasteiger partial charge in [-0.2, -0.15) is 0 Å². The molecule has 0 radical (unpaired) electrons. The molecule has 0 bridgehead atoms. The van der Waals surface area contributed by atoms with E-state index in [9.17, 15) is 4.79 Å². The number of ether oxygens (including phenoxy) is 1. The summed E-state index contributed by atoms with van der Waals surface area (Å²) in [6.45, 7) is 6.77. The van der Waals surface area contributed by atoms with Crippen LogP contribution in [-0.4, -0.2) is 56.4 Å². The number of carbonyl (C=O) groups excluding carboxylic acids is 1. The van der Waals surface area contributed by atoms with Gasteiger partial charge in [0, 0.05) is 49.5 Å². The van der Waals surface area contributed by atoms with Crippen molar-refractivity contribution in [3.8, 4) is 0 Å². The number of piperazine rings is 1. The lowest BCUT2D eigenvalue weighted by molar-refractivity contribution is 0.108. The summed E-state index contributed by atoms with van der Waals surface area (Å²) >= 11 is 3.59. The van der Waals surface area contributed by atoms with Crippen LogP contribution < -0.4 is 10.2 Å². The molecule has 0 aliphatic carbocycles. The number of nitrogens with zero attached hydrogens (tertiary/aromatic N) is 2. The molecule has 1 aromatic rings. The van der Waals surface area contributed by atoms with Crippen molar-refractivity contribution in [2.75, 3.05) is 44.2 Å². The smallest absolute Gasteiger partial charge is 0.317 e. The van der Waals surface area contributed by atoms with Crippen LogP contribution in [0.15, 0.2) is 22.7 Å². The number of anilines is 1. The number of halogens is 1. The predicted molar refractivity (Wildman–Crippen MR) is 95.0 cm³/mol. The molecular weight excluding hydrogens is 358 g/mol. The largest absolute Gasteiger partial charge is 0.376 e. The molecule has 0 aromatic heterocycles. The Balaban J connectivity index is 1.47. The van der Waals surface area contributed by atoms with Crippen molar-refractivity contribution in [1.82, 2.24) is 10.2 Å². The summed E-state index contributed by atoms with van der Waals surface area (Å²) in [6.07, 6.45) is 2.35. The van der Waals surface area contributed by atoms with E-state index in [1.165, 1.54) is 11.3 Å². The zero-order valence-electron chi connectivity index (χ0n) is 13.6. The zero-order valence-corrected chi connectivity index (χ0v) is 15.1. The Kier molecular flexibility index (Phi) is 5.43. The van der Waals surface area contributed by atoms with Crippen molar-refractivity contribution in [1.29, 1.82) is 0 Å². The van der Waals surface area contributed by atoms with Gasteiger partial charge in [-0.1, -0.05) is 22.0 Å². The maximum atomic E-state index is 12.2. The number of aryl methyl sites for hydroxylation is 1. The quantitative estimate of drug-likeness (QED) is 0.875. The first-order valence-electron chi connectivity index (χ1n) is 8.29. The lowest BCUT2D eigenvalue weighted by Crippen LogP contribution is -2.52. The molecule has 1 unspecified atom stereocenters. The van der Waals surface area contributed by atoms with E-state index in [-0.39, 0.29) is 12.1 Å². The van der Waals surface area contributed by atoms with Gasteiger partial charge in [0.1, 0.15) is 0 Å². The summed E-state index contributed by atoms with van der Waals surface area (Å²) in [5, 5.41) is 3.00. The highest BCUT2D eigenvalue weighted by atomic mass is 79.9. The van der Waals surface area contributed by atoms with Crippen LogP contribution in [0.3, 0.4) is 0 Å². The summed E-state index contributed by atoms with van der Waals surface area (Å²) in [6, 6.07) is 6.46. The number of hydrogen-bond acceptors (Lipinski definition) is 3. The SMILES string of the molecule is Cc1ccc(N2CCN(C(=O)NCC3CCCO3)CC2)cc1Br. The van der Waals surface area contributed by atoms with Gasteiger partial charge in [0.25, 0.3) is 0 Å². The van der Waals surface area contributed by atoms with Gasteiger partial charge in [-0.3, -0.25) is 0 Å². The van der Waals surface area contributed by atoms with Gasteiger partial charge in [-0.15, -0.1) is 0 Å². The first-order chi connectivity index (χ1) is 11.1. The monoisotopic (exact) mass is 381 g/mol. The number of rotatable bonds is 3. The molecule has 0 saturated carbocycles. The third-order valence-electron chi connectivity index (χ3n) is 4.59. The molecule has 1 aromatic carbocycles. The number of carbonyl (C=O) groups is 1. The number of urea groups is 1. The van der Waals surface area contributed by atoms with Crippen LogP contribution in [0, 0.1) is 6.92 Å². The Morgan fingerprint density at radius 2 is 2.13 bits per heavy atom. The standard InChI is InChI=1S/C17H24BrN3O2/c1-13-4-5-14(11-16(13)18)20-6-8-21(9-7-20)17(22)19-12-15-3-2-10-23-15/h4-5,11,15H,2-3,6-10,12H2,1H3,(H,19,22). The van der Waals surface area contributed by atoms with E-state index in [1.54, 1.807) is 0 Å². The highest BCUT2D eigenvalue weighted by Crippen LogP contribution is 2.24. The second-order valence-electron chi connectivity index (χ2n) is 6.23. The van der Waals surface area contributed by atoms with E-state index < -0.39 is 0 Å². The molecule has 2 amide bonds. The normalized spacial score (nSPS) is 21.6. The maximum Gasteiger partial charge on any atom is 0.317 e. The Bertz CT molecular complexity index is 553. The van der Waals surface area contributed by atoms with Crippen molar-refractivity contribution < 1.29 is 9.53 Å². The molecular formula is C17H24BrN3O2. The fourth-order valence-electron chi connectivity index (χ4n) is 3.06. The van der Waals surface area contributed by atoms with E-state index in [4.69, 9.17) is 4.74 Å². The van der Waals surface area contributed by atoms with E-state index >= 15 is 0 Å². The second kappa shape index (κ2) is 7.53. The minimum atomic E-state index is 0.0326. The van der Waals surface area contributed by atoms with E-state index in [1.807, 2.05) is 4.90 Å². The molecule has 2 fully saturated rings. The van der Waals surface area contributed by atoms with Gasteiger partial charge in [0.15, 0.2) is 0 Å².